The molecule has 0 radical (unpaired) electrons. The summed E-state index contributed by atoms with van der Waals surface area (Å²) in [6.45, 7) is 10.5. The number of carbonyl (C=O) groups excluding carboxylic acids is 1. The van der Waals surface area contributed by atoms with Gasteiger partial charge < -0.3 is 20.7 Å². The number of amides is 1. The van der Waals surface area contributed by atoms with Crippen molar-refractivity contribution in [2.24, 2.45) is 11.7 Å². The van der Waals surface area contributed by atoms with Crippen molar-refractivity contribution in [1.29, 1.82) is 0 Å². The number of hydrogen-bond donors (Lipinski definition) is 2. The minimum atomic E-state index is -0.422. The van der Waals surface area contributed by atoms with Crippen LogP contribution in [-0.2, 0) is 4.74 Å². The van der Waals surface area contributed by atoms with Crippen molar-refractivity contribution in [3.05, 3.63) is 0 Å². The molecule has 1 aliphatic heterocycles. The number of nitrogens with one attached hydrogen (secondary N) is 1. The lowest BCUT2D eigenvalue weighted by Gasteiger charge is -2.21. The lowest BCUT2D eigenvalue weighted by atomic mass is 10.1. The van der Waals surface area contributed by atoms with E-state index in [0.717, 1.165) is 39.0 Å². The summed E-state index contributed by atoms with van der Waals surface area (Å²) < 4.78 is 5.24. The number of carbonyl (C=O) groups is 1. The molecule has 118 valence electrons. The van der Waals surface area contributed by atoms with Crippen LogP contribution in [0, 0.1) is 5.92 Å². The van der Waals surface area contributed by atoms with E-state index >= 15 is 0 Å². The van der Waals surface area contributed by atoms with Gasteiger partial charge in [-0.25, -0.2) is 4.79 Å². The third kappa shape index (κ3) is 7.70. The Bertz CT molecular complexity index is 289. The molecule has 0 aliphatic carbocycles. The number of hydrogen-bond acceptors (Lipinski definition) is 4. The molecule has 0 spiro atoms. The summed E-state index contributed by atoms with van der Waals surface area (Å²) in [5.41, 5.74) is 5.07. The molecular formula is C15H31N3O2. The highest BCUT2D eigenvalue weighted by Gasteiger charge is 2.23. The Morgan fingerprint density at radius 2 is 2.10 bits per heavy atom. The quantitative estimate of drug-likeness (QED) is 0.702. The molecular weight excluding hydrogens is 254 g/mol. The fraction of sp³-hybridized carbons (Fsp3) is 0.933. The first kappa shape index (κ1) is 17.2. The lowest BCUT2D eigenvalue weighted by molar-refractivity contribution is 0.0519. The summed E-state index contributed by atoms with van der Waals surface area (Å²) in [5, 5.41) is 2.87. The second-order valence-electron chi connectivity index (χ2n) is 6.69. The van der Waals surface area contributed by atoms with Crippen LogP contribution in [0.3, 0.4) is 0 Å². The smallest absolute Gasteiger partial charge is 0.407 e. The van der Waals surface area contributed by atoms with Gasteiger partial charge in [0.1, 0.15) is 5.60 Å². The first-order valence-electron chi connectivity index (χ1n) is 7.80. The molecule has 1 saturated heterocycles. The minimum Gasteiger partial charge on any atom is -0.444 e. The molecule has 3 N–H and O–H groups in total. The fourth-order valence-corrected chi connectivity index (χ4v) is 2.48. The van der Waals surface area contributed by atoms with Crippen LogP contribution in [0.25, 0.3) is 0 Å². The van der Waals surface area contributed by atoms with E-state index in [2.05, 4.69) is 10.2 Å². The molecule has 0 aromatic carbocycles. The van der Waals surface area contributed by atoms with Gasteiger partial charge in [0, 0.05) is 13.1 Å². The van der Waals surface area contributed by atoms with Gasteiger partial charge >= 0.3 is 6.09 Å². The highest BCUT2D eigenvalue weighted by atomic mass is 16.6. The Kier molecular flexibility index (Phi) is 7.30. The molecule has 5 nitrogen and oxygen atoms in total. The number of likely N-dealkylation sites (tertiary alicyclic amines) is 1. The summed E-state index contributed by atoms with van der Waals surface area (Å²) in [6.07, 6.45) is 4.42. The number of unbranched alkanes of at least 4 members (excludes halogenated alkanes) is 2. The summed E-state index contributed by atoms with van der Waals surface area (Å²) in [5.74, 6) is 0.553. The van der Waals surface area contributed by atoms with Crippen LogP contribution in [0.1, 0.15) is 46.5 Å². The van der Waals surface area contributed by atoms with Gasteiger partial charge in [-0.05, 0) is 65.6 Å². The molecule has 1 amide bonds. The van der Waals surface area contributed by atoms with Crippen molar-refractivity contribution in [2.75, 3.05) is 32.7 Å². The average Bonchev–Trinajstić information content (AvgIpc) is 2.78. The van der Waals surface area contributed by atoms with Crippen LogP contribution >= 0.6 is 0 Å². The van der Waals surface area contributed by atoms with Gasteiger partial charge in [-0.3, -0.25) is 0 Å². The van der Waals surface area contributed by atoms with Crippen LogP contribution < -0.4 is 11.1 Å². The van der Waals surface area contributed by atoms with Gasteiger partial charge in [0.2, 0.25) is 0 Å². The molecule has 0 aromatic heterocycles. The Morgan fingerprint density at radius 3 is 2.75 bits per heavy atom. The van der Waals surface area contributed by atoms with Gasteiger partial charge in [-0.1, -0.05) is 6.42 Å². The summed E-state index contributed by atoms with van der Waals surface area (Å²) in [6, 6.07) is 0. The standard InChI is InChI=1S/C15H31N3O2/c1-15(2,3)20-14(19)17-11-13-7-10-18(12-13)9-6-4-5-8-16/h13H,4-12,16H2,1-3H3,(H,17,19)/t13-/m1/s1. The van der Waals surface area contributed by atoms with E-state index in [1.807, 2.05) is 20.8 Å². The van der Waals surface area contributed by atoms with E-state index in [-0.39, 0.29) is 6.09 Å². The lowest BCUT2D eigenvalue weighted by Crippen LogP contribution is -2.36. The maximum Gasteiger partial charge on any atom is 0.407 e. The van der Waals surface area contributed by atoms with Crippen molar-refractivity contribution >= 4 is 6.09 Å². The number of nitrogens with two attached hydrogens (primary N) is 1. The zero-order chi connectivity index (χ0) is 15.0. The first-order chi connectivity index (χ1) is 9.40. The summed E-state index contributed by atoms with van der Waals surface area (Å²) >= 11 is 0. The second kappa shape index (κ2) is 8.47. The molecule has 1 heterocycles. The zero-order valence-corrected chi connectivity index (χ0v) is 13.3. The van der Waals surface area contributed by atoms with Gasteiger partial charge in [0.25, 0.3) is 0 Å². The number of alkyl carbamates (subject to hydrolysis) is 1. The topological polar surface area (TPSA) is 67.6 Å². The van der Waals surface area contributed by atoms with Crippen LogP contribution in [0.5, 0.6) is 0 Å². The van der Waals surface area contributed by atoms with Crippen molar-refractivity contribution in [3.8, 4) is 0 Å². The van der Waals surface area contributed by atoms with Gasteiger partial charge in [-0.2, -0.15) is 0 Å². The summed E-state index contributed by atoms with van der Waals surface area (Å²) in [7, 11) is 0. The van der Waals surface area contributed by atoms with Gasteiger partial charge in [-0.15, -0.1) is 0 Å². The number of nitrogens with zero attached hydrogens (tertiary/aromatic N) is 1. The van der Waals surface area contributed by atoms with Crippen LogP contribution in [-0.4, -0.2) is 49.3 Å². The van der Waals surface area contributed by atoms with Gasteiger partial charge in [0.05, 0.1) is 0 Å². The summed E-state index contributed by atoms with van der Waals surface area (Å²) in [4.78, 5) is 14.1. The molecule has 1 fully saturated rings. The second-order valence-corrected chi connectivity index (χ2v) is 6.69. The highest BCUT2D eigenvalue weighted by molar-refractivity contribution is 5.67. The van der Waals surface area contributed by atoms with Crippen molar-refractivity contribution in [3.63, 3.8) is 0 Å². The predicted molar refractivity (Wildman–Crippen MR) is 81.7 cm³/mol. The normalized spacial score (nSPS) is 20.1. The largest absolute Gasteiger partial charge is 0.444 e. The van der Waals surface area contributed by atoms with Crippen molar-refractivity contribution in [2.45, 2.75) is 52.1 Å². The Balaban J connectivity index is 2.10. The zero-order valence-electron chi connectivity index (χ0n) is 13.3. The monoisotopic (exact) mass is 285 g/mol. The van der Waals surface area contributed by atoms with E-state index < -0.39 is 5.60 Å². The number of rotatable bonds is 7. The maximum atomic E-state index is 11.6. The van der Waals surface area contributed by atoms with E-state index in [1.54, 1.807) is 0 Å². The molecule has 0 saturated carbocycles. The third-order valence-electron chi connectivity index (χ3n) is 3.48. The molecule has 5 heteroatoms. The number of ether oxygens (including phenoxy) is 1. The molecule has 0 aromatic rings. The third-order valence-corrected chi connectivity index (χ3v) is 3.48. The highest BCUT2D eigenvalue weighted by Crippen LogP contribution is 2.16. The van der Waals surface area contributed by atoms with Crippen LogP contribution in [0.4, 0.5) is 4.79 Å². The Morgan fingerprint density at radius 1 is 1.35 bits per heavy atom. The molecule has 1 atom stereocenters. The van der Waals surface area contributed by atoms with Crippen molar-refractivity contribution < 1.29 is 9.53 Å². The maximum absolute atomic E-state index is 11.6. The SMILES string of the molecule is CC(C)(C)OC(=O)NC[C@H]1CCN(CCCCCN)C1. The molecule has 1 rings (SSSR count). The predicted octanol–water partition coefficient (Wildman–Crippen LogP) is 1.96. The van der Waals surface area contributed by atoms with E-state index in [0.29, 0.717) is 12.5 Å². The van der Waals surface area contributed by atoms with E-state index in [4.69, 9.17) is 10.5 Å². The molecule has 0 unspecified atom stereocenters. The Hall–Kier alpha value is -0.810. The fourth-order valence-electron chi connectivity index (χ4n) is 2.48. The average molecular weight is 285 g/mol. The molecule has 20 heavy (non-hydrogen) atoms. The van der Waals surface area contributed by atoms with E-state index in [1.165, 1.54) is 12.8 Å². The van der Waals surface area contributed by atoms with Crippen LogP contribution in [0.15, 0.2) is 0 Å². The first-order valence-corrected chi connectivity index (χ1v) is 7.80. The van der Waals surface area contributed by atoms with Crippen molar-refractivity contribution in [1.82, 2.24) is 10.2 Å². The molecule has 0 bridgehead atoms. The minimum absolute atomic E-state index is 0.307. The molecule has 1 aliphatic rings. The van der Waals surface area contributed by atoms with Gasteiger partial charge in [0.15, 0.2) is 0 Å². The Labute approximate surface area is 123 Å². The van der Waals surface area contributed by atoms with Crippen LogP contribution in [0.2, 0.25) is 0 Å². The van der Waals surface area contributed by atoms with E-state index in [9.17, 15) is 4.79 Å².